The Morgan fingerprint density at radius 2 is 2.00 bits per heavy atom. The molecule has 0 rings (SSSR count). The minimum absolute atomic E-state index is 0.339. The van der Waals surface area contributed by atoms with Gasteiger partial charge in [-0.2, -0.15) is 0 Å². The Kier molecular flexibility index (Phi) is 2.75. The third-order valence-corrected chi connectivity index (χ3v) is 1.66. The molecule has 0 saturated carbocycles. The molecule has 0 radical (unpaired) electrons. The van der Waals surface area contributed by atoms with Crippen LogP contribution in [0.4, 0.5) is 0 Å². The number of hydrogen-bond donors (Lipinski definition) is 1. The van der Waals surface area contributed by atoms with E-state index < -0.39 is 0 Å². The van der Waals surface area contributed by atoms with Gasteiger partial charge in [-0.1, -0.05) is 33.8 Å². The van der Waals surface area contributed by atoms with Crippen molar-refractivity contribution in [3.63, 3.8) is 0 Å². The Morgan fingerprint density at radius 3 is 2.11 bits per heavy atom. The van der Waals surface area contributed by atoms with Crippen LogP contribution >= 0.6 is 0 Å². The third kappa shape index (κ3) is 4.07. The van der Waals surface area contributed by atoms with Crippen molar-refractivity contribution in [1.82, 2.24) is 0 Å². The molecule has 0 aliphatic rings. The average Bonchev–Trinajstić information content (AvgIpc) is 1.63. The molecule has 0 aromatic heterocycles. The van der Waals surface area contributed by atoms with E-state index in [0.29, 0.717) is 5.41 Å². The maximum atomic E-state index is 5.46. The fourth-order valence-electron chi connectivity index (χ4n) is 0.740. The first-order valence-electron chi connectivity index (χ1n) is 3.41. The first-order chi connectivity index (χ1) is 3.98. The molecule has 0 unspecified atom stereocenters. The van der Waals surface area contributed by atoms with E-state index >= 15 is 0 Å². The normalized spacial score (nSPS) is 11.4. The van der Waals surface area contributed by atoms with Crippen molar-refractivity contribution >= 4 is 0 Å². The van der Waals surface area contributed by atoms with E-state index in [2.05, 4.69) is 27.4 Å². The summed E-state index contributed by atoms with van der Waals surface area (Å²) in [6, 6.07) is 0. The van der Waals surface area contributed by atoms with Gasteiger partial charge in [-0.3, -0.25) is 0 Å². The van der Waals surface area contributed by atoms with Crippen molar-refractivity contribution in [1.29, 1.82) is 0 Å². The molecular weight excluding hydrogens is 110 g/mol. The van der Waals surface area contributed by atoms with Gasteiger partial charge in [-0.15, -0.1) is 0 Å². The van der Waals surface area contributed by atoms with Gasteiger partial charge in [0.2, 0.25) is 0 Å². The van der Waals surface area contributed by atoms with Crippen LogP contribution in [-0.4, -0.2) is 0 Å². The molecular formula is C8H17N. The van der Waals surface area contributed by atoms with E-state index in [1.165, 1.54) is 0 Å². The molecule has 0 saturated heterocycles. The SMILES string of the molecule is C=C(N)CC(C)(C)CC. The Morgan fingerprint density at radius 1 is 1.56 bits per heavy atom. The second-order valence-corrected chi connectivity index (χ2v) is 3.35. The molecule has 1 nitrogen and oxygen atoms in total. The molecule has 0 aliphatic carbocycles. The molecule has 0 atom stereocenters. The largest absolute Gasteiger partial charge is 0.402 e. The minimum atomic E-state index is 0.339. The fraction of sp³-hybridized carbons (Fsp3) is 0.750. The van der Waals surface area contributed by atoms with E-state index in [1.54, 1.807) is 0 Å². The van der Waals surface area contributed by atoms with Crippen molar-refractivity contribution in [2.45, 2.75) is 33.6 Å². The summed E-state index contributed by atoms with van der Waals surface area (Å²) in [6.07, 6.45) is 2.09. The molecule has 0 amide bonds. The van der Waals surface area contributed by atoms with Gasteiger partial charge in [0, 0.05) is 5.70 Å². The lowest BCUT2D eigenvalue weighted by molar-refractivity contribution is 0.347. The highest BCUT2D eigenvalue weighted by molar-refractivity contribution is 4.91. The van der Waals surface area contributed by atoms with Crippen LogP contribution in [0.2, 0.25) is 0 Å². The highest BCUT2D eigenvalue weighted by Gasteiger charge is 2.14. The van der Waals surface area contributed by atoms with Gasteiger partial charge >= 0.3 is 0 Å². The summed E-state index contributed by atoms with van der Waals surface area (Å²) in [5.74, 6) is 0. The maximum absolute atomic E-state index is 5.46. The maximum Gasteiger partial charge on any atom is 0.00128 e. The van der Waals surface area contributed by atoms with Gasteiger partial charge in [0.25, 0.3) is 0 Å². The lowest BCUT2D eigenvalue weighted by atomic mass is 9.86. The highest BCUT2D eigenvalue weighted by atomic mass is 14.6. The van der Waals surface area contributed by atoms with Crippen LogP contribution in [0.25, 0.3) is 0 Å². The van der Waals surface area contributed by atoms with Gasteiger partial charge in [0.15, 0.2) is 0 Å². The van der Waals surface area contributed by atoms with Crippen molar-refractivity contribution in [2.75, 3.05) is 0 Å². The Labute approximate surface area is 57.9 Å². The first kappa shape index (κ1) is 8.54. The van der Waals surface area contributed by atoms with Gasteiger partial charge in [0.05, 0.1) is 0 Å². The molecule has 0 aromatic carbocycles. The van der Waals surface area contributed by atoms with Crippen LogP contribution in [0.15, 0.2) is 12.3 Å². The van der Waals surface area contributed by atoms with Crippen LogP contribution in [0, 0.1) is 5.41 Å². The van der Waals surface area contributed by atoms with Crippen molar-refractivity contribution in [2.24, 2.45) is 11.1 Å². The highest BCUT2D eigenvalue weighted by Crippen LogP contribution is 2.25. The summed E-state index contributed by atoms with van der Waals surface area (Å²) in [6.45, 7) is 10.2. The molecule has 9 heavy (non-hydrogen) atoms. The van der Waals surface area contributed by atoms with E-state index in [1.807, 2.05) is 0 Å². The molecule has 0 aromatic rings. The molecule has 0 fully saturated rings. The molecule has 2 N–H and O–H groups in total. The number of hydrogen-bond acceptors (Lipinski definition) is 1. The van der Waals surface area contributed by atoms with Crippen LogP contribution in [0.1, 0.15) is 33.6 Å². The molecule has 0 aliphatic heterocycles. The zero-order valence-electron chi connectivity index (χ0n) is 6.70. The summed E-state index contributed by atoms with van der Waals surface area (Å²) in [7, 11) is 0. The molecule has 0 heterocycles. The first-order valence-corrected chi connectivity index (χ1v) is 3.41. The monoisotopic (exact) mass is 127 g/mol. The van der Waals surface area contributed by atoms with Crippen molar-refractivity contribution < 1.29 is 0 Å². The fourth-order valence-corrected chi connectivity index (χ4v) is 0.740. The van der Waals surface area contributed by atoms with E-state index in [9.17, 15) is 0 Å². The number of rotatable bonds is 3. The second-order valence-electron chi connectivity index (χ2n) is 3.35. The van der Waals surface area contributed by atoms with E-state index in [4.69, 9.17) is 5.73 Å². The summed E-state index contributed by atoms with van der Waals surface area (Å²) in [5, 5.41) is 0. The summed E-state index contributed by atoms with van der Waals surface area (Å²) in [4.78, 5) is 0. The quantitative estimate of drug-likeness (QED) is 0.618. The standard InChI is InChI=1S/C8H17N/c1-5-8(3,4)6-7(2)9/h2,5-6,9H2,1,3-4H3. The van der Waals surface area contributed by atoms with Crippen LogP contribution < -0.4 is 5.73 Å². The van der Waals surface area contributed by atoms with E-state index in [-0.39, 0.29) is 0 Å². The van der Waals surface area contributed by atoms with Crippen molar-refractivity contribution in [3.05, 3.63) is 12.3 Å². The lowest BCUT2D eigenvalue weighted by Gasteiger charge is -2.21. The zero-order valence-corrected chi connectivity index (χ0v) is 6.70. The lowest BCUT2D eigenvalue weighted by Crippen LogP contribution is -2.13. The molecule has 0 spiro atoms. The summed E-state index contributed by atoms with van der Waals surface area (Å²) in [5.41, 5.74) is 6.59. The smallest absolute Gasteiger partial charge is 0.00128 e. The van der Waals surface area contributed by atoms with Crippen LogP contribution in [0.5, 0.6) is 0 Å². The molecule has 54 valence electrons. The molecule has 1 heteroatoms. The van der Waals surface area contributed by atoms with Gasteiger partial charge in [-0.05, 0) is 11.8 Å². The average molecular weight is 127 g/mol. The second kappa shape index (κ2) is 2.90. The minimum Gasteiger partial charge on any atom is -0.402 e. The Bertz CT molecular complexity index is 103. The van der Waals surface area contributed by atoms with Crippen LogP contribution in [0.3, 0.4) is 0 Å². The van der Waals surface area contributed by atoms with Gasteiger partial charge in [0.1, 0.15) is 0 Å². The Hall–Kier alpha value is -0.460. The summed E-state index contributed by atoms with van der Waals surface area (Å²) < 4.78 is 0. The van der Waals surface area contributed by atoms with Gasteiger partial charge in [-0.25, -0.2) is 0 Å². The third-order valence-electron chi connectivity index (χ3n) is 1.66. The van der Waals surface area contributed by atoms with Gasteiger partial charge < -0.3 is 5.73 Å². The van der Waals surface area contributed by atoms with Crippen LogP contribution in [-0.2, 0) is 0 Å². The zero-order chi connectivity index (χ0) is 7.49. The predicted molar refractivity (Wildman–Crippen MR) is 42.0 cm³/mol. The number of nitrogens with two attached hydrogens (primary N) is 1. The topological polar surface area (TPSA) is 26.0 Å². The summed E-state index contributed by atoms with van der Waals surface area (Å²) >= 11 is 0. The van der Waals surface area contributed by atoms with Crippen molar-refractivity contribution in [3.8, 4) is 0 Å². The number of allylic oxidation sites excluding steroid dienone is 1. The Balaban J connectivity index is 3.71. The molecule has 0 bridgehead atoms. The predicted octanol–water partition coefficient (Wildman–Crippen LogP) is 2.29. The van der Waals surface area contributed by atoms with E-state index in [0.717, 1.165) is 18.5 Å².